The van der Waals surface area contributed by atoms with E-state index in [1.54, 1.807) is 36.4 Å². The van der Waals surface area contributed by atoms with Gasteiger partial charge >= 0.3 is 0 Å². The third-order valence-corrected chi connectivity index (χ3v) is 5.06. The molecular weight excluding hydrogens is 397 g/mol. The number of para-hydroxylation sites is 1. The van der Waals surface area contributed by atoms with Crippen LogP contribution in [0, 0.1) is 5.92 Å². The number of rotatable bonds is 5. The molecule has 2 amide bonds. The van der Waals surface area contributed by atoms with Crippen LogP contribution in [0.3, 0.4) is 0 Å². The molecule has 150 valence electrons. The van der Waals surface area contributed by atoms with Gasteiger partial charge in [0.25, 0.3) is 11.8 Å². The van der Waals surface area contributed by atoms with Crippen LogP contribution in [-0.4, -0.2) is 43.4 Å². The number of anilines is 1. The zero-order chi connectivity index (χ0) is 19.2. The second-order valence-corrected chi connectivity index (χ2v) is 7.26. The first-order chi connectivity index (χ1) is 13.1. The molecule has 1 unspecified atom stereocenters. The molecule has 0 aliphatic carbocycles. The molecule has 2 aromatic carbocycles. The van der Waals surface area contributed by atoms with E-state index < -0.39 is 0 Å². The number of likely N-dealkylation sites (tertiary alicyclic amines) is 1. The van der Waals surface area contributed by atoms with Gasteiger partial charge in [-0.25, -0.2) is 0 Å². The molecule has 28 heavy (non-hydrogen) atoms. The van der Waals surface area contributed by atoms with Gasteiger partial charge in [0.1, 0.15) is 0 Å². The number of halogens is 2. The predicted octanol–water partition coefficient (Wildman–Crippen LogP) is 4.09. The Labute approximate surface area is 176 Å². The number of hydrogen-bond donors (Lipinski definition) is 2. The largest absolute Gasteiger partial charge is 0.338 e. The van der Waals surface area contributed by atoms with Gasteiger partial charge in [0.15, 0.2) is 0 Å². The monoisotopic (exact) mass is 421 g/mol. The van der Waals surface area contributed by atoms with Gasteiger partial charge in [0.2, 0.25) is 0 Å². The van der Waals surface area contributed by atoms with Gasteiger partial charge in [-0.05, 0) is 68.8 Å². The summed E-state index contributed by atoms with van der Waals surface area (Å²) in [6.07, 6.45) is 2.12. The third-order valence-electron chi connectivity index (χ3n) is 4.81. The summed E-state index contributed by atoms with van der Waals surface area (Å²) < 4.78 is 0. The van der Waals surface area contributed by atoms with Crippen molar-refractivity contribution in [2.24, 2.45) is 5.92 Å². The van der Waals surface area contributed by atoms with Crippen molar-refractivity contribution in [3.63, 3.8) is 0 Å². The van der Waals surface area contributed by atoms with E-state index in [9.17, 15) is 9.59 Å². The van der Waals surface area contributed by atoms with E-state index in [-0.39, 0.29) is 24.2 Å². The molecule has 1 aliphatic rings. The van der Waals surface area contributed by atoms with Crippen molar-refractivity contribution in [3.05, 3.63) is 64.7 Å². The van der Waals surface area contributed by atoms with Crippen LogP contribution in [0.25, 0.3) is 0 Å². The third kappa shape index (κ3) is 5.47. The van der Waals surface area contributed by atoms with Crippen molar-refractivity contribution in [2.45, 2.75) is 12.8 Å². The number of nitrogens with zero attached hydrogens (tertiary/aromatic N) is 1. The molecule has 0 bridgehead atoms. The topological polar surface area (TPSA) is 61.4 Å². The maximum absolute atomic E-state index is 13.1. The highest BCUT2D eigenvalue weighted by Crippen LogP contribution is 2.23. The minimum Gasteiger partial charge on any atom is -0.338 e. The molecule has 2 N–H and O–H groups in total. The summed E-state index contributed by atoms with van der Waals surface area (Å²) >= 11 is 5.88. The smallest absolute Gasteiger partial charge is 0.255 e. The van der Waals surface area contributed by atoms with Crippen molar-refractivity contribution in [1.82, 2.24) is 10.2 Å². The number of benzene rings is 2. The minimum absolute atomic E-state index is 0. The Balaban J connectivity index is 0.00000280. The van der Waals surface area contributed by atoms with Gasteiger partial charge in [-0.2, -0.15) is 0 Å². The zero-order valence-electron chi connectivity index (χ0n) is 15.8. The highest BCUT2D eigenvalue weighted by atomic mass is 35.5. The summed E-state index contributed by atoms with van der Waals surface area (Å²) in [5.41, 5.74) is 1.54. The molecule has 1 atom stereocenters. The lowest BCUT2D eigenvalue weighted by Crippen LogP contribution is -2.42. The Bertz CT molecular complexity index is 810. The Morgan fingerprint density at radius 2 is 1.86 bits per heavy atom. The first-order valence-corrected chi connectivity index (χ1v) is 9.56. The number of piperidine rings is 1. The average molecular weight is 422 g/mol. The molecule has 7 heteroatoms. The van der Waals surface area contributed by atoms with Crippen LogP contribution < -0.4 is 10.6 Å². The lowest BCUT2D eigenvalue weighted by Gasteiger charge is -2.33. The Morgan fingerprint density at radius 1 is 1.14 bits per heavy atom. The number of nitrogens with one attached hydrogen (secondary N) is 2. The summed E-state index contributed by atoms with van der Waals surface area (Å²) in [5.74, 6) is 0.157. The van der Waals surface area contributed by atoms with Gasteiger partial charge in [-0.3, -0.25) is 9.59 Å². The number of carbonyl (C=O) groups is 2. The van der Waals surface area contributed by atoms with Crippen molar-refractivity contribution < 1.29 is 9.59 Å². The van der Waals surface area contributed by atoms with Gasteiger partial charge in [-0.15, -0.1) is 12.4 Å². The number of hydrogen-bond acceptors (Lipinski definition) is 3. The lowest BCUT2D eigenvalue weighted by molar-refractivity contribution is 0.0675. The van der Waals surface area contributed by atoms with Crippen LogP contribution in [0.2, 0.25) is 5.02 Å². The van der Waals surface area contributed by atoms with Crippen molar-refractivity contribution in [3.8, 4) is 0 Å². The Kier molecular flexibility index (Phi) is 8.30. The van der Waals surface area contributed by atoms with Crippen LogP contribution in [0.4, 0.5) is 5.69 Å². The molecule has 1 heterocycles. The number of amides is 2. The molecule has 0 radical (unpaired) electrons. The van der Waals surface area contributed by atoms with Crippen molar-refractivity contribution in [1.29, 1.82) is 0 Å². The summed E-state index contributed by atoms with van der Waals surface area (Å²) in [5, 5.41) is 6.63. The van der Waals surface area contributed by atoms with Crippen LogP contribution in [-0.2, 0) is 0 Å². The second-order valence-electron chi connectivity index (χ2n) is 6.82. The predicted molar refractivity (Wildman–Crippen MR) is 116 cm³/mol. The molecule has 1 saturated heterocycles. The van der Waals surface area contributed by atoms with Crippen molar-refractivity contribution in [2.75, 3.05) is 32.0 Å². The van der Waals surface area contributed by atoms with Gasteiger partial charge < -0.3 is 15.5 Å². The fraction of sp³-hybridized carbons (Fsp3) is 0.333. The van der Waals surface area contributed by atoms with E-state index in [0.29, 0.717) is 27.8 Å². The molecule has 0 saturated carbocycles. The van der Waals surface area contributed by atoms with E-state index >= 15 is 0 Å². The molecule has 5 nitrogen and oxygen atoms in total. The van der Waals surface area contributed by atoms with Crippen molar-refractivity contribution >= 4 is 41.5 Å². The van der Waals surface area contributed by atoms with E-state index in [4.69, 9.17) is 11.6 Å². The van der Waals surface area contributed by atoms with Crippen LogP contribution in [0.5, 0.6) is 0 Å². The summed E-state index contributed by atoms with van der Waals surface area (Å²) in [4.78, 5) is 27.5. The van der Waals surface area contributed by atoms with Crippen LogP contribution >= 0.6 is 24.0 Å². The fourth-order valence-electron chi connectivity index (χ4n) is 3.45. The SMILES string of the molecule is CNCC1CCCN(C(=O)c2ccccc2NC(=O)c2ccc(Cl)cc2)C1.Cl. The fourth-order valence-corrected chi connectivity index (χ4v) is 3.58. The minimum atomic E-state index is -0.265. The van der Waals surface area contributed by atoms with E-state index in [1.165, 1.54) is 0 Å². The van der Waals surface area contributed by atoms with E-state index in [1.807, 2.05) is 24.1 Å². The zero-order valence-corrected chi connectivity index (χ0v) is 17.4. The molecule has 1 aliphatic heterocycles. The Morgan fingerprint density at radius 3 is 2.57 bits per heavy atom. The maximum atomic E-state index is 13.1. The molecule has 3 rings (SSSR count). The maximum Gasteiger partial charge on any atom is 0.255 e. The van der Waals surface area contributed by atoms with E-state index in [2.05, 4.69) is 10.6 Å². The first kappa shape index (κ1) is 22.2. The van der Waals surface area contributed by atoms with Crippen LogP contribution in [0.1, 0.15) is 33.6 Å². The van der Waals surface area contributed by atoms with Crippen LogP contribution in [0.15, 0.2) is 48.5 Å². The molecule has 1 fully saturated rings. The molecular formula is C21H25Cl2N3O2. The quantitative estimate of drug-likeness (QED) is 0.763. The molecule has 0 aromatic heterocycles. The van der Waals surface area contributed by atoms with E-state index in [0.717, 1.165) is 32.5 Å². The summed E-state index contributed by atoms with van der Waals surface area (Å²) in [6.45, 7) is 2.39. The van der Waals surface area contributed by atoms with Gasteiger partial charge in [0, 0.05) is 23.7 Å². The highest BCUT2D eigenvalue weighted by Gasteiger charge is 2.25. The Hall–Kier alpha value is -2.08. The highest BCUT2D eigenvalue weighted by molar-refractivity contribution is 6.30. The molecule has 2 aromatic rings. The summed E-state index contributed by atoms with van der Waals surface area (Å²) in [7, 11) is 1.93. The molecule has 0 spiro atoms. The first-order valence-electron chi connectivity index (χ1n) is 9.18. The standard InChI is InChI=1S/C21H24ClN3O2.ClH/c1-23-13-15-5-4-12-25(14-15)21(27)18-6-2-3-7-19(18)24-20(26)16-8-10-17(22)11-9-16;/h2-3,6-11,15,23H,4-5,12-14H2,1H3,(H,24,26);1H. The van der Waals surface area contributed by atoms with Gasteiger partial charge in [-0.1, -0.05) is 23.7 Å². The normalized spacial score (nSPS) is 16.2. The van der Waals surface area contributed by atoms with Gasteiger partial charge in [0.05, 0.1) is 11.3 Å². The summed E-state index contributed by atoms with van der Waals surface area (Å²) in [6, 6.07) is 13.8. The average Bonchev–Trinajstić information content (AvgIpc) is 2.69. The lowest BCUT2D eigenvalue weighted by atomic mass is 9.97. The second kappa shape index (κ2) is 10.5. The number of carbonyl (C=O) groups excluding carboxylic acids is 2.